The van der Waals surface area contributed by atoms with Gasteiger partial charge in [-0.3, -0.25) is 14.6 Å². The third-order valence-electron chi connectivity index (χ3n) is 5.56. The summed E-state index contributed by atoms with van der Waals surface area (Å²) in [7, 11) is -3.89. The van der Waals surface area contributed by atoms with Crippen LogP contribution in [-0.4, -0.2) is 65.6 Å². The van der Waals surface area contributed by atoms with Crippen molar-refractivity contribution in [3.8, 4) is 5.75 Å². The summed E-state index contributed by atoms with van der Waals surface area (Å²) in [6.07, 6.45) is 3.95. The number of Topliss-reactive ketones (excluding diaryl/α,β-unsaturated/α-hetero) is 1. The first-order valence-corrected chi connectivity index (χ1v) is 11.4. The number of hydrogen-bond donors (Lipinski definition) is 1. The first-order valence-electron chi connectivity index (χ1n) is 9.92. The van der Waals surface area contributed by atoms with Crippen LogP contribution in [-0.2, 0) is 26.0 Å². The second-order valence-corrected chi connectivity index (χ2v) is 9.40. The predicted octanol–water partition coefficient (Wildman–Crippen LogP) is 0.529. The quantitative estimate of drug-likeness (QED) is 0.667. The molecule has 4 rings (SSSR count). The lowest BCUT2D eigenvalue weighted by molar-refractivity contribution is -0.133. The van der Waals surface area contributed by atoms with Gasteiger partial charge in [-0.05, 0) is 42.7 Å². The van der Waals surface area contributed by atoms with E-state index in [1.165, 1.54) is 40.2 Å². The summed E-state index contributed by atoms with van der Waals surface area (Å²) in [5, 5.41) is 0. The number of hydrogen-bond acceptors (Lipinski definition) is 7. The van der Waals surface area contributed by atoms with E-state index in [4.69, 9.17) is 10.5 Å². The Labute approximate surface area is 185 Å². The van der Waals surface area contributed by atoms with Gasteiger partial charge in [0.25, 0.3) is 0 Å². The van der Waals surface area contributed by atoms with Gasteiger partial charge in [-0.1, -0.05) is 12.1 Å². The molecule has 1 radical (unpaired) electrons. The number of rotatable bonds is 6. The fourth-order valence-corrected chi connectivity index (χ4v) is 5.70. The zero-order valence-electron chi connectivity index (χ0n) is 17.0. The van der Waals surface area contributed by atoms with Crippen molar-refractivity contribution in [3.63, 3.8) is 0 Å². The fourth-order valence-electron chi connectivity index (χ4n) is 4.11. The number of aromatic nitrogens is 1. The number of fused-ring (bicyclic) bond motifs is 1. The van der Waals surface area contributed by atoms with Crippen LogP contribution in [0.4, 0.5) is 4.79 Å². The number of nitrogens with two attached hydrogens (primary N) is 1. The zero-order chi connectivity index (χ0) is 22.9. The predicted molar refractivity (Wildman–Crippen MR) is 112 cm³/mol. The van der Waals surface area contributed by atoms with Crippen LogP contribution in [0.1, 0.15) is 12.0 Å². The fraction of sp³-hybridized carbons (Fsp3) is 0.286. The van der Waals surface area contributed by atoms with Gasteiger partial charge in [-0.2, -0.15) is 4.31 Å². The standard InChI is InChI=1S/C21H21N4O6S/c22-21(28)31-15-6-3-14(4-7-15)5-8-19(27)24-11-9-17-20(24)18(26)13-25(17)32(29,30)16-2-1-10-23-12-16/h1-4,6-8,10,12,17,20H,5,9,11,13H2,(H2,22,28). The van der Waals surface area contributed by atoms with Crippen LogP contribution < -0.4 is 10.5 Å². The summed E-state index contributed by atoms with van der Waals surface area (Å²) < 4.78 is 31.9. The summed E-state index contributed by atoms with van der Waals surface area (Å²) in [6, 6.07) is 8.08. The molecule has 11 heteroatoms. The highest BCUT2D eigenvalue weighted by molar-refractivity contribution is 7.89. The molecule has 167 valence electrons. The van der Waals surface area contributed by atoms with Crippen LogP contribution in [0.25, 0.3) is 0 Å². The number of ketones is 1. The van der Waals surface area contributed by atoms with Crippen LogP contribution in [0.2, 0.25) is 0 Å². The molecular formula is C21H21N4O6S. The van der Waals surface area contributed by atoms with Gasteiger partial charge in [0, 0.05) is 18.9 Å². The molecule has 2 aliphatic rings. The van der Waals surface area contributed by atoms with Gasteiger partial charge in [0.1, 0.15) is 16.7 Å². The van der Waals surface area contributed by atoms with Gasteiger partial charge in [0.05, 0.1) is 19.0 Å². The Hall–Kier alpha value is -3.31. The monoisotopic (exact) mass is 457 g/mol. The highest BCUT2D eigenvalue weighted by Crippen LogP contribution is 2.34. The van der Waals surface area contributed by atoms with Crippen molar-refractivity contribution in [1.29, 1.82) is 0 Å². The summed E-state index contributed by atoms with van der Waals surface area (Å²) in [6.45, 7) is 0.0263. The molecule has 10 nitrogen and oxygen atoms in total. The minimum absolute atomic E-state index is 0.0218. The van der Waals surface area contributed by atoms with Crippen LogP contribution >= 0.6 is 0 Å². The van der Waals surface area contributed by atoms with Crippen molar-refractivity contribution in [2.24, 2.45) is 5.73 Å². The molecule has 1 aromatic carbocycles. The molecule has 2 aromatic rings. The molecule has 1 aromatic heterocycles. The topological polar surface area (TPSA) is 140 Å². The normalized spacial score (nSPS) is 20.9. The molecule has 2 unspecified atom stereocenters. The van der Waals surface area contributed by atoms with E-state index in [2.05, 4.69) is 4.98 Å². The Balaban J connectivity index is 1.41. The minimum Gasteiger partial charge on any atom is -0.411 e. The number of likely N-dealkylation sites (tertiary alicyclic amines) is 1. The van der Waals surface area contributed by atoms with Crippen LogP contribution in [0.5, 0.6) is 5.75 Å². The lowest BCUT2D eigenvalue weighted by atomic mass is 10.1. The van der Waals surface area contributed by atoms with Crippen LogP contribution in [0.3, 0.4) is 0 Å². The number of pyridine rings is 1. The Morgan fingerprint density at radius 3 is 2.62 bits per heavy atom. The van der Waals surface area contributed by atoms with E-state index in [1.807, 2.05) is 0 Å². The summed E-state index contributed by atoms with van der Waals surface area (Å²) in [5.74, 6) is -0.333. The Morgan fingerprint density at radius 2 is 1.97 bits per heavy atom. The van der Waals surface area contributed by atoms with Gasteiger partial charge in [0.2, 0.25) is 15.9 Å². The highest BCUT2D eigenvalue weighted by Gasteiger charge is 2.53. The Bertz CT molecular complexity index is 1140. The first-order chi connectivity index (χ1) is 15.3. The molecule has 0 spiro atoms. The number of carbonyl (C=O) groups is 3. The van der Waals surface area contributed by atoms with Gasteiger partial charge < -0.3 is 15.4 Å². The third-order valence-corrected chi connectivity index (χ3v) is 7.41. The van der Waals surface area contributed by atoms with E-state index in [0.29, 0.717) is 25.1 Å². The lowest BCUT2D eigenvalue weighted by Gasteiger charge is -2.24. The summed E-state index contributed by atoms with van der Waals surface area (Å²) in [4.78, 5) is 41.6. The average molecular weight is 457 g/mol. The number of nitrogens with zero attached hydrogens (tertiary/aromatic N) is 3. The van der Waals surface area contributed by atoms with E-state index in [0.717, 1.165) is 5.56 Å². The van der Waals surface area contributed by atoms with Crippen molar-refractivity contribution >= 4 is 27.8 Å². The third kappa shape index (κ3) is 4.21. The van der Waals surface area contributed by atoms with Crippen molar-refractivity contribution in [2.45, 2.75) is 29.8 Å². The van der Waals surface area contributed by atoms with Crippen molar-refractivity contribution in [3.05, 3.63) is 60.8 Å². The average Bonchev–Trinajstić information content (AvgIpc) is 3.35. The zero-order valence-corrected chi connectivity index (χ0v) is 17.8. The first kappa shape index (κ1) is 21.9. The molecule has 0 bridgehead atoms. The molecule has 2 saturated heterocycles. The molecule has 2 amide bonds. The maximum absolute atomic E-state index is 13.0. The smallest absolute Gasteiger partial charge is 0.409 e. The summed E-state index contributed by atoms with van der Waals surface area (Å²) in [5.41, 5.74) is 5.76. The molecule has 2 N–H and O–H groups in total. The second-order valence-electron chi connectivity index (χ2n) is 7.51. The number of primary amides is 1. The minimum atomic E-state index is -3.89. The number of benzene rings is 1. The van der Waals surface area contributed by atoms with Crippen molar-refractivity contribution in [1.82, 2.24) is 14.2 Å². The molecule has 2 fully saturated rings. The number of sulfonamides is 1. The SMILES string of the molecule is NC(=O)Oc1ccc(C[CH]C(=O)N2CCC3C2C(=O)CN3S(=O)(=O)c2cccnc2)cc1. The Kier molecular flexibility index (Phi) is 5.94. The maximum atomic E-state index is 13.0. The second kappa shape index (κ2) is 8.67. The highest BCUT2D eigenvalue weighted by atomic mass is 32.2. The molecule has 3 heterocycles. The maximum Gasteiger partial charge on any atom is 0.409 e. The molecule has 0 aliphatic carbocycles. The van der Waals surface area contributed by atoms with E-state index in [9.17, 15) is 22.8 Å². The molecule has 0 saturated carbocycles. The van der Waals surface area contributed by atoms with Crippen molar-refractivity contribution in [2.75, 3.05) is 13.1 Å². The van der Waals surface area contributed by atoms with Gasteiger partial charge >= 0.3 is 6.09 Å². The van der Waals surface area contributed by atoms with E-state index in [1.54, 1.807) is 24.3 Å². The molecule has 32 heavy (non-hydrogen) atoms. The van der Waals surface area contributed by atoms with E-state index in [-0.39, 0.29) is 23.1 Å². The van der Waals surface area contributed by atoms with Crippen molar-refractivity contribution < 1.29 is 27.5 Å². The van der Waals surface area contributed by atoms with E-state index < -0.39 is 28.2 Å². The van der Waals surface area contributed by atoms with Gasteiger partial charge in [-0.15, -0.1) is 0 Å². The molecular weight excluding hydrogens is 436 g/mol. The largest absolute Gasteiger partial charge is 0.411 e. The molecule has 2 aliphatic heterocycles. The van der Waals surface area contributed by atoms with Crippen LogP contribution in [0, 0.1) is 6.42 Å². The van der Waals surface area contributed by atoms with Crippen LogP contribution in [0.15, 0.2) is 53.7 Å². The summed E-state index contributed by atoms with van der Waals surface area (Å²) >= 11 is 0. The van der Waals surface area contributed by atoms with E-state index >= 15 is 0 Å². The lowest BCUT2D eigenvalue weighted by Crippen LogP contribution is -2.43. The number of carbonyl (C=O) groups excluding carboxylic acids is 3. The van der Waals surface area contributed by atoms with Gasteiger partial charge in [0.15, 0.2) is 5.78 Å². The number of ether oxygens (including phenoxy) is 1. The molecule has 2 atom stereocenters. The number of amides is 2. The Morgan fingerprint density at radius 1 is 1.22 bits per heavy atom. The van der Waals surface area contributed by atoms with Gasteiger partial charge in [-0.25, -0.2) is 13.2 Å².